The highest BCUT2D eigenvalue weighted by molar-refractivity contribution is 5.90. The summed E-state index contributed by atoms with van der Waals surface area (Å²) in [7, 11) is 0. The first-order chi connectivity index (χ1) is 8.58. The van der Waals surface area contributed by atoms with Crippen molar-refractivity contribution in [3.8, 4) is 0 Å². The lowest BCUT2D eigenvalue weighted by molar-refractivity contribution is -0.387. The minimum atomic E-state index is -0.963. The Balaban J connectivity index is 2.00. The molecule has 1 saturated carbocycles. The van der Waals surface area contributed by atoms with E-state index in [1.165, 1.54) is 18.9 Å². The molecule has 0 bridgehead atoms. The zero-order valence-corrected chi connectivity index (χ0v) is 9.60. The summed E-state index contributed by atoms with van der Waals surface area (Å²) in [5.74, 6) is -0.978. The fraction of sp³-hybridized carbons (Fsp3) is 0.417. The molecule has 0 radical (unpaired) electrons. The Morgan fingerprint density at radius 1 is 1.50 bits per heavy atom. The second-order valence-electron chi connectivity index (χ2n) is 4.29. The van der Waals surface area contributed by atoms with Gasteiger partial charge < -0.3 is 4.74 Å². The van der Waals surface area contributed by atoms with Crippen LogP contribution >= 0.6 is 0 Å². The van der Waals surface area contributed by atoms with Crippen LogP contribution in [0.5, 0.6) is 0 Å². The van der Waals surface area contributed by atoms with Crippen LogP contribution in [0.25, 0.3) is 0 Å². The van der Waals surface area contributed by atoms with Crippen molar-refractivity contribution < 1.29 is 18.8 Å². The van der Waals surface area contributed by atoms with Crippen LogP contribution in [0.15, 0.2) is 18.2 Å². The lowest BCUT2D eigenvalue weighted by Crippen LogP contribution is -2.08. The number of hydrogen-bond donors (Lipinski definition) is 0. The van der Waals surface area contributed by atoms with Crippen molar-refractivity contribution in [1.29, 1.82) is 0 Å². The zero-order valence-electron chi connectivity index (χ0n) is 9.60. The van der Waals surface area contributed by atoms with Crippen LogP contribution in [0, 0.1) is 21.8 Å². The third kappa shape index (κ3) is 3.03. The van der Waals surface area contributed by atoms with Gasteiger partial charge in [-0.2, -0.15) is 4.39 Å². The number of benzene rings is 1. The molecular weight excluding hydrogens is 241 g/mol. The van der Waals surface area contributed by atoms with Gasteiger partial charge in [0.25, 0.3) is 0 Å². The molecule has 0 saturated heterocycles. The molecule has 1 fully saturated rings. The Labute approximate surface area is 103 Å². The van der Waals surface area contributed by atoms with E-state index in [9.17, 15) is 19.3 Å². The summed E-state index contributed by atoms with van der Waals surface area (Å²) in [6.45, 7) is 0.300. The topological polar surface area (TPSA) is 69.4 Å². The van der Waals surface area contributed by atoms with E-state index in [-0.39, 0.29) is 5.56 Å². The summed E-state index contributed by atoms with van der Waals surface area (Å²) in [6, 6.07) is 2.98. The average molecular weight is 253 g/mol. The van der Waals surface area contributed by atoms with Gasteiger partial charge in [0.2, 0.25) is 5.82 Å². The van der Waals surface area contributed by atoms with Gasteiger partial charge in [-0.25, -0.2) is 4.79 Å². The summed E-state index contributed by atoms with van der Waals surface area (Å²) in [5.41, 5.74) is -0.717. The minimum Gasteiger partial charge on any atom is -0.462 e. The molecule has 0 spiro atoms. The third-order valence-electron chi connectivity index (χ3n) is 2.83. The molecule has 1 aromatic carbocycles. The van der Waals surface area contributed by atoms with Gasteiger partial charge in [0, 0.05) is 6.07 Å². The smallest absolute Gasteiger partial charge is 0.338 e. The highest BCUT2D eigenvalue weighted by Gasteiger charge is 2.22. The van der Waals surface area contributed by atoms with E-state index in [0.29, 0.717) is 12.5 Å². The van der Waals surface area contributed by atoms with E-state index in [1.54, 1.807) is 0 Å². The van der Waals surface area contributed by atoms with Crippen LogP contribution in [-0.4, -0.2) is 17.5 Å². The summed E-state index contributed by atoms with van der Waals surface area (Å²) in [5, 5.41) is 10.5. The van der Waals surface area contributed by atoms with E-state index < -0.39 is 22.4 Å². The maximum atomic E-state index is 13.1. The van der Waals surface area contributed by atoms with E-state index in [2.05, 4.69) is 0 Å². The molecule has 0 amide bonds. The minimum absolute atomic E-state index is 0.00102. The predicted molar refractivity (Wildman–Crippen MR) is 60.7 cm³/mol. The summed E-state index contributed by atoms with van der Waals surface area (Å²) in [4.78, 5) is 21.2. The molecular formula is C12H12FNO4. The van der Waals surface area contributed by atoms with Crippen molar-refractivity contribution in [1.82, 2.24) is 0 Å². The van der Waals surface area contributed by atoms with Crippen LogP contribution in [0.3, 0.4) is 0 Å². The molecule has 5 nitrogen and oxygen atoms in total. The van der Waals surface area contributed by atoms with Crippen molar-refractivity contribution in [2.45, 2.75) is 19.3 Å². The van der Waals surface area contributed by atoms with Crippen molar-refractivity contribution in [2.24, 2.45) is 5.92 Å². The molecule has 0 N–H and O–H groups in total. The lowest BCUT2D eigenvalue weighted by atomic mass is 10.2. The highest BCUT2D eigenvalue weighted by atomic mass is 19.1. The highest BCUT2D eigenvalue weighted by Crippen LogP contribution is 2.32. The first-order valence-electron chi connectivity index (χ1n) is 5.69. The Hall–Kier alpha value is -1.98. The molecule has 1 aliphatic rings. The molecule has 0 atom stereocenters. The van der Waals surface area contributed by atoms with Crippen LogP contribution < -0.4 is 0 Å². The van der Waals surface area contributed by atoms with Crippen molar-refractivity contribution in [2.75, 3.05) is 6.61 Å². The van der Waals surface area contributed by atoms with Crippen molar-refractivity contribution in [3.63, 3.8) is 0 Å². The normalized spacial score (nSPS) is 14.3. The van der Waals surface area contributed by atoms with Crippen LogP contribution in [0.2, 0.25) is 0 Å². The summed E-state index contributed by atoms with van der Waals surface area (Å²) in [6.07, 6.45) is 3.15. The van der Waals surface area contributed by atoms with E-state index >= 15 is 0 Å². The number of carbonyl (C=O) groups is 1. The molecule has 0 heterocycles. The SMILES string of the molecule is O=C(OCCC1CC1)c1ccc(F)c([N+](=O)[O-])c1. The van der Waals surface area contributed by atoms with Gasteiger partial charge in [-0.05, 0) is 24.5 Å². The number of nitro groups is 1. The molecule has 0 aliphatic heterocycles. The number of esters is 1. The van der Waals surface area contributed by atoms with E-state index in [1.807, 2.05) is 0 Å². The Morgan fingerprint density at radius 3 is 2.83 bits per heavy atom. The van der Waals surface area contributed by atoms with Crippen LogP contribution in [0.1, 0.15) is 29.6 Å². The standard InChI is InChI=1S/C12H12FNO4/c13-10-4-3-9(7-11(10)14(16)17)12(15)18-6-5-8-1-2-8/h3-4,7-8H,1-2,5-6H2. The maximum Gasteiger partial charge on any atom is 0.338 e. The zero-order chi connectivity index (χ0) is 13.1. The molecule has 1 aromatic rings. The molecule has 0 aromatic heterocycles. The number of hydrogen-bond acceptors (Lipinski definition) is 4. The summed E-state index contributed by atoms with van der Waals surface area (Å²) >= 11 is 0. The lowest BCUT2D eigenvalue weighted by Gasteiger charge is -2.04. The van der Waals surface area contributed by atoms with Gasteiger partial charge in [-0.15, -0.1) is 0 Å². The number of nitrogens with zero attached hydrogens (tertiary/aromatic N) is 1. The maximum absolute atomic E-state index is 13.1. The van der Waals surface area contributed by atoms with Gasteiger partial charge in [-0.3, -0.25) is 10.1 Å². The van der Waals surface area contributed by atoms with Gasteiger partial charge in [0.15, 0.2) is 0 Å². The molecule has 1 aliphatic carbocycles. The number of carbonyl (C=O) groups excluding carboxylic acids is 1. The van der Waals surface area contributed by atoms with Gasteiger partial charge in [0.1, 0.15) is 0 Å². The molecule has 6 heteroatoms. The number of rotatable bonds is 5. The van der Waals surface area contributed by atoms with Crippen molar-refractivity contribution >= 4 is 11.7 Å². The first kappa shape index (κ1) is 12.5. The molecule has 96 valence electrons. The first-order valence-corrected chi connectivity index (χ1v) is 5.69. The van der Waals surface area contributed by atoms with Gasteiger partial charge in [0.05, 0.1) is 17.1 Å². The predicted octanol–water partition coefficient (Wildman–Crippen LogP) is 2.69. The van der Waals surface area contributed by atoms with Crippen molar-refractivity contribution in [3.05, 3.63) is 39.7 Å². The van der Waals surface area contributed by atoms with E-state index in [0.717, 1.165) is 18.6 Å². The second kappa shape index (κ2) is 5.12. The molecule has 2 rings (SSSR count). The average Bonchev–Trinajstić information content (AvgIpc) is 3.13. The van der Waals surface area contributed by atoms with E-state index in [4.69, 9.17) is 4.74 Å². The fourth-order valence-corrected chi connectivity index (χ4v) is 1.59. The van der Waals surface area contributed by atoms with Gasteiger partial charge >= 0.3 is 11.7 Å². The third-order valence-corrected chi connectivity index (χ3v) is 2.83. The molecule has 18 heavy (non-hydrogen) atoms. The Morgan fingerprint density at radius 2 is 2.22 bits per heavy atom. The number of ether oxygens (including phenoxy) is 1. The number of nitro benzene ring substituents is 1. The Kier molecular flexibility index (Phi) is 3.55. The van der Waals surface area contributed by atoms with Gasteiger partial charge in [-0.1, -0.05) is 12.8 Å². The quantitative estimate of drug-likeness (QED) is 0.459. The largest absolute Gasteiger partial charge is 0.462 e. The van der Waals surface area contributed by atoms with Crippen LogP contribution in [0.4, 0.5) is 10.1 Å². The monoisotopic (exact) mass is 253 g/mol. The fourth-order valence-electron chi connectivity index (χ4n) is 1.59. The summed E-state index contributed by atoms with van der Waals surface area (Å²) < 4.78 is 18.0. The Bertz CT molecular complexity index is 485. The van der Waals surface area contributed by atoms with Crippen LogP contribution in [-0.2, 0) is 4.74 Å². The molecule has 0 unspecified atom stereocenters. The second-order valence-corrected chi connectivity index (χ2v) is 4.29. The number of halogens is 1.